The topological polar surface area (TPSA) is 65.5 Å². The number of hydrogen-bond donors (Lipinski definition) is 2. The molecule has 0 aromatic carbocycles. The van der Waals surface area contributed by atoms with Gasteiger partial charge in [0.05, 0.1) is 5.69 Å². The fourth-order valence-corrected chi connectivity index (χ4v) is 2.39. The summed E-state index contributed by atoms with van der Waals surface area (Å²) >= 11 is 0. The third-order valence-electron chi connectivity index (χ3n) is 3.43. The Morgan fingerprint density at radius 1 is 1.59 bits per heavy atom. The normalized spacial score (nSPS) is 24.3. The van der Waals surface area contributed by atoms with Gasteiger partial charge in [-0.2, -0.15) is 0 Å². The summed E-state index contributed by atoms with van der Waals surface area (Å²) in [6.45, 7) is 1.55. The quantitative estimate of drug-likeness (QED) is 0.810. The monoisotopic (exact) mass is 235 g/mol. The van der Waals surface area contributed by atoms with Gasteiger partial charge in [-0.1, -0.05) is 6.07 Å². The van der Waals surface area contributed by atoms with Crippen LogP contribution < -0.4 is 5.32 Å². The number of hydrogen-bond acceptors (Lipinski definition) is 3. The van der Waals surface area contributed by atoms with Gasteiger partial charge in [0.1, 0.15) is 5.54 Å². The molecule has 1 atom stereocenters. The second kappa shape index (κ2) is 4.71. The summed E-state index contributed by atoms with van der Waals surface area (Å²) in [6.07, 6.45) is 2.55. The molecule has 0 radical (unpaired) electrons. The smallest absolute Gasteiger partial charge is 0.407 e. The third kappa shape index (κ3) is 2.10. The van der Waals surface area contributed by atoms with Crippen LogP contribution in [0.15, 0.2) is 24.4 Å². The van der Waals surface area contributed by atoms with Crippen LogP contribution in [0.5, 0.6) is 0 Å². The standard InChI is InChI=1S/C12H17N3O2/c1-15(11(16)17)12(6-4-7-13-9-12)10-5-2-3-8-14-10/h2-3,5,8,13H,4,6-7,9H2,1H3,(H,16,17). The molecule has 17 heavy (non-hydrogen) atoms. The highest BCUT2D eigenvalue weighted by Crippen LogP contribution is 2.32. The Hall–Kier alpha value is -1.62. The van der Waals surface area contributed by atoms with Gasteiger partial charge in [0.15, 0.2) is 0 Å². The molecular formula is C12H17N3O2. The van der Waals surface area contributed by atoms with E-state index in [1.54, 1.807) is 13.2 Å². The number of pyridine rings is 1. The van der Waals surface area contributed by atoms with E-state index in [4.69, 9.17) is 0 Å². The number of carboxylic acid groups (broad SMARTS) is 1. The fraction of sp³-hybridized carbons (Fsp3) is 0.500. The van der Waals surface area contributed by atoms with Crippen LogP contribution >= 0.6 is 0 Å². The molecule has 2 heterocycles. The van der Waals surface area contributed by atoms with Crippen molar-refractivity contribution in [1.29, 1.82) is 0 Å². The van der Waals surface area contributed by atoms with Crippen molar-refractivity contribution in [1.82, 2.24) is 15.2 Å². The zero-order chi connectivity index (χ0) is 12.3. The molecule has 1 amide bonds. The molecule has 1 aliphatic rings. The first-order valence-electron chi connectivity index (χ1n) is 5.76. The molecule has 1 saturated heterocycles. The summed E-state index contributed by atoms with van der Waals surface area (Å²) < 4.78 is 0. The molecule has 5 heteroatoms. The first kappa shape index (κ1) is 11.9. The molecule has 1 aromatic heterocycles. The van der Waals surface area contributed by atoms with Crippen LogP contribution in [-0.4, -0.2) is 41.2 Å². The van der Waals surface area contributed by atoms with E-state index < -0.39 is 11.6 Å². The van der Waals surface area contributed by atoms with Gasteiger partial charge in [-0.25, -0.2) is 4.79 Å². The van der Waals surface area contributed by atoms with Crippen molar-refractivity contribution >= 4 is 6.09 Å². The Kier molecular flexibility index (Phi) is 3.28. The summed E-state index contributed by atoms with van der Waals surface area (Å²) in [6, 6.07) is 5.63. The number of nitrogens with one attached hydrogen (secondary N) is 1. The average Bonchev–Trinajstić information content (AvgIpc) is 2.39. The molecule has 1 fully saturated rings. The van der Waals surface area contributed by atoms with Crippen LogP contribution in [0.2, 0.25) is 0 Å². The molecular weight excluding hydrogens is 218 g/mol. The predicted octanol–water partition coefficient (Wildman–Crippen LogP) is 1.27. The molecule has 1 unspecified atom stereocenters. The molecule has 2 rings (SSSR count). The van der Waals surface area contributed by atoms with Crippen molar-refractivity contribution < 1.29 is 9.90 Å². The Morgan fingerprint density at radius 3 is 2.94 bits per heavy atom. The maximum Gasteiger partial charge on any atom is 0.407 e. The number of carbonyl (C=O) groups is 1. The summed E-state index contributed by atoms with van der Waals surface area (Å²) in [7, 11) is 1.62. The van der Waals surface area contributed by atoms with E-state index in [-0.39, 0.29) is 0 Å². The minimum Gasteiger partial charge on any atom is -0.465 e. The Morgan fingerprint density at radius 2 is 2.41 bits per heavy atom. The molecule has 5 nitrogen and oxygen atoms in total. The molecule has 0 aliphatic carbocycles. The SMILES string of the molecule is CN(C(=O)O)C1(c2ccccn2)CCCNC1. The van der Waals surface area contributed by atoms with Gasteiger partial charge in [-0.15, -0.1) is 0 Å². The van der Waals surface area contributed by atoms with E-state index >= 15 is 0 Å². The maximum atomic E-state index is 11.2. The van der Waals surface area contributed by atoms with Gasteiger partial charge in [-0.05, 0) is 31.5 Å². The van der Waals surface area contributed by atoms with E-state index in [9.17, 15) is 9.90 Å². The number of aromatic nitrogens is 1. The summed E-state index contributed by atoms with van der Waals surface area (Å²) in [4.78, 5) is 17.0. The van der Waals surface area contributed by atoms with Gasteiger partial charge < -0.3 is 10.4 Å². The Balaban J connectivity index is 2.39. The van der Waals surface area contributed by atoms with Crippen LogP contribution in [0.4, 0.5) is 4.79 Å². The average molecular weight is 235 g/mol. The van der Waals surface area contributed by atoms with Crippen LogP contribution in [0.1, 0.15) is 18.5 Å². The lowest BCUT2D eigenvalue weighted by molar-refractivity contribution is 0.0712. The third-order valence-corrected chi connectivity index (χ3v) is 3.43. The van der Waals surface area contributed by atoms with E-state index in [1.165, 1.54) is 4.90 Å². The summed E-state index contributed by atoms with van der Waals surface area (Å²) in [5.74, 6) is 0. The van der Waals surface area contributed by atoms with Gasteiger partial charge in [0, 0.05) is 19.8 Å². The maximum absolute atomic E-state index is 11.2. The van der Waals surface area contributed by atoms with Gasteiger partial charge in [0.25, 0.3) is 0 Å². The van der Waals surface area contributed by atoms with Crippen molar-refractivity contribution in [3.05, 3.63) is 30.1 Å². The van der Waals surface area contributed by atoms with E-state index in [0.29, 0.717) is 6.54 Å². The lowest BCUT2D eigenvalue weighted by Crippen LogP contribution is -2.55. The van der Waals surface area contributed by atoms with E-state index in [0.717, 1.165) is 25.1 Å². The minimum atomic E-state index is -0.917. The van der Waals surface area contributed by atoms with Crippen molar-refractivity contribution in [2.24, 2.45) is 0 Å². The van der Waals surface area contributed by atoms with Gasteiger partial charge in [0.2, 0.25) is 0 Å². The van der Waals surface area contributed by atoms with E-state index in [1.807, 2.05) is 18.2 Å². The number of rotatable bonds is 2. The second-order valence-corrected chi connectivity index (χ2v) is 4.37. The van der Waals surface area contributed by atoms with E-state index in [2.05, 4.69) is 10.3 Å². The molecule has 1 aromatic rings. The molecule has 92 valence electrons. The van der Waals surface area contributed by atoms with Crippen molar-refractivity contribution in [2.75, 3.05) is 20.1 Å². The number of amides is 1. The second-order valence-electron chi connectivity index (χ2n) is 4.37. The lowest BCUT2D eigenvalue weighted by Gasteiger charge is -2.42. The van der Waals surface area contributed by atoms with Crippen molar-refractivity contribution in [3.8, 4) is 0 Å². The van der Waals surface area contributed by atoms with Crippen LogP contribution in [0.3, 0.4) is 0 Å². The predicted molar refractivity (Wildman–Crippen MR) is 63.8 cm³/mol. The zero-order valence-electron chi connectivity index (χ0n) is 9.89. The molecule has 1 aliphatic heterocycles. The molecule has 0 bridgehead atoms. The van der Waals surface area contributed by atoms with Crippen molar-refractivity contribution in [3.63, 3.8) is 0 Å². The Labute approximate surface area is 100 Å². The molecule has 2 N–H and O–H groups in total. The first-order valence-corrected chi connectivity index (χ1v) is 5.76. The highest BCUT2D eigenvalue weighted by atomic mass is 16.4. The number of likely N-dealkylation sites (N-methyl/N-ethyl adjacent to an activating group) is 1. The first-order chi connectivity index (χ1) is 8.17. The molecule has 0 spiro atoms. The number of nitrogens with zero attached hydrogens (tertiary/aromatic N) is 2. The Bertz CT molecular complexity index is 388. The largest absolute Gasteiger partial charge is 0.465 e. The van der Waals surface area contributed by atoms with Gasteiger partial charge >= 0.3 is 6.09 Å². The highest BCUT2D eigenvalue weighted by molar-refractivity contribution is 5.66. The lowest BCUT2D eigenvalue weighted by atomic mass is 9.85. The van der Waals surface area contributed by atoms with Crippen LogP contribution in [0.25, 0.3) is 0 Å². The van der Waals surface area contributed by atoms with Gasteiger partial charge in [-0.3, -0.25) is 9.88 Å². The number of piperidine rings is 1. The molecule has 0 saturated carbocycles. The zero-order valence-corrected chi connectivity index (χ0v) is 9.89. The highest BCUT2D eigenvalue weighted by Gasteiger charge is 2.41. The minimum absolute atomic E-state index is 0.536. The van der Waals surface area contributed by atoms with Crippen molar-refractivity contribution in [2.45, 2.75) is 18.4 Å². The summed E-state index contributed by atoms with van der Waals surface area (Å²) in [5, 5.41) is 12.5. The van der Waals surface area contributed by atoms with Crippen LogP contribution in [0, 0.1) is 0 Å². The summed E-state index contributed by atoms with van der Waals surface area (Å²) in [5.41, 5.74) is 0.280. The van der Waals surface area contributed by atoms with Crippen LogP contribution in [-0.2, 0) is 5.54 Å². The fourth-order valence-electron chi connectivity index (χ4n) is 2.39.